The highest BCUT2D eigenvalue weighted by Crippen LogP contribution is 2.09. The highest BCUT2D eigenvalue weighted by molar-refractivity contribution is 4.61. The van der Waals surface area contributed by atoms with Crippen LogP contribution in [0.2, 0.25) is 0 Å². The van der Waals surface area contributed by atoms with Crippen molar-refractivity contribution in [1.82, 2.24) is 0 Å². The fraction of sp³-hybridized carbons (Fsp3) is 1.00. The van der Waals surface area contributed by atoms with Gasteiger partial charge in [-0.05, 0) is 25.7 Å². The van der Waals surface area contributed by atoms with Gasteiger partial charge in [-0.25, -0.2) is 5.11 Å². The van der Waals surface area contributed by atoms with Crippen LogP contribution in [-0.2, 0) is 5.11 Å². The van der Waals surface area contributed by atoms with Gasteiger partial charge in [-0.15, -0.1) is 0 Å². The lowest BCUT2D eigenvalue weighted by atomic mass is 10.0. The molecule has 0 aliphatic carbocycles. The summed E-state index contributed by atoms with van der Waals surface area (Å²) in [6.45, 7) is 5.55. The van der Waals surface area contributed by atoms with E-state index in [1.165, 1.54) is 0 Å². The maximum absolute atomic E-state index is 10.5. The first-order valence-electron chi connectivity index (χ1n) is 3.88. The minimum Gasteiger partial charge on any atom is -0.393 e. The van der Waals surface area contributed by atoms with Gasteiger partial charge in [-0.2, -0.15) is 0 Å². The van der Waals surface area contributed by atoms with Gasteiger partial charge in [0.25, 0.3) is 0 Å². The summed E-state index contributed by atoms with van der Waals surface area (Å²) < 4.78 is 0. The Bertz CT molecular complexity index is 79.3. The lowest BCUT2D eigenvalue weighted by molar-refractivity contribution is 0.0599. The molecule has 0 spiro atoms. The first kappa shape index (κ1) is 9.92. The van der Waals surface area contributed by atoms with Crippen molar-refractivity contribution < 1.29 is 10.2 Å². The van der Waals surface area contributed by atoms with Crippen LogP contribution in [0.5, 0.6) is 0 Å². The molecule has 2 heteroatoms. The second kappa shape index (κ2) is 4.69. The first-order chi connectivity index (χ1) is 4.54. The molecule has 0 saturated carbocycles. The van der Waals surface area contributed by atoms with Crippen molar-refractivity contribution in [2.45, 2.75) is 45.8 Å². The van der Waals surface area contributed by atoms with E-state index in [0.717, 1.165) is 0 Å². The SMILES string of the molecule is CC([O])CCC(O)C(C)C. The van der Waals surface area contributed by atoms with Gasteiger partial charge in [-0.3, -0.25) is 0 Å². The van der Waals surface area contributed by atoms with Crippen molar-refractivity contribution >= 4 is 0 Å². The second-order valence-corrected chi connectivity index (χ2v) is 3.20. The summed E-state index contributed by atoms with van der Waals surface area (Å²) in [7, 11) is 0. The van der Waals surface area contributed by atoms with E-state index in [4.69, 9.17) is 0 Å². The highest BCUT2D eigenvalue weighted by atomic mass is 16.3. The molecule has 0 amide bonds. The second-order valence-electron chi connectivity index (χ2n) is 3.20. The van der Waals surface area contributed by atoms with E-state index in [1.807, 2.05) is 13.8 Å². The Kier molecular flexibility index (Phi) is 4.65. The molecule has 0 saturated heterocycles. The average molecular weight is 145 g/mol. The Morgan fingerprint density at radius 2 is 1.70 bits per heavy atom. The fourth-order valence-corrected chi connectivity index (χ4v) is 0.739. The topological polar surface area (TPSA) is 40.1 Å². The standard InChI is InChI=1S/C8H17O2/c1-6(2)8(10)5-4-7(3)9/h6-8,10H,4-5H2,1-3H3. The maximum Gasteiger partial charge on any atom is 0.0903 e. The average Bonchev–Trinajstić information content (AvgIpc) is 1.82. The molecular formula is C8H17O2. The molecule has 0 fully saturated rings. The fourth-order valence-electron chi connectivity index (χ4n) is 0.739. The molecule has 61 valence electrons. The molecule has 10 heavy (non-hydrogen) atoms. The zero-order chi connectivity index (χ0) is 8.15. The van der Waals surface area contributed by atoms with Crippen LogP contribution in [0, 0.1) is 5.92 Å². The van der Waals surface area contributed by atoms with Gasteiger partial charge in [0.2, 0.25) is 0 Å². The number of rotatable bonds is 4. The maximum atomic E-state index is 10.5. The molecule has 0 rings (SSSR count). The molecule has 0 aromatic heterocycles. The largest absolute Gasteiger partial charge is 0.393 e. The number of hydrogen-bond acceptors (Lipinski definition) is 1. The highest BCUT2D eigenvalue weighted by Gasteiger charge is 2.09. The van der Waals surface area contributed by atoms with Crippen molar-refractivity contribution in [3.05, 3.63) is 0 Å². The Balaban J connectivity index is 3.30. The smallest absolute Gasteiger partial charge is 0.0903 e. The van der Waals surface area contributed by atoms with E-state index in [1.54, 1.807) is 6.92 Å². The summed E-state index contributed by atoms with van der Waals surface area (Å²) in [5.41, 5.74) is 0. The van der Waals surface area contributed by atoms with Gasteiger partial charge < -0.3 is 5.11 Å². The van der Waals surface area contributed by atoms with Crippen molar-refractivity contribution in [2.75, 3.05) is 0 Å². The molecule has 0 aliphatic rings. The third-order valence-corrected chi connectivity index (χ3v) is 1.64. The molecule has 0 heterocycles. The number of aliphatic hydroxyl groups excluding tert-OH is 1. The van der Waals surface area contributed by atoms with E-state index in [-0.39, 0.29) is 12.0 Å². The summed E-state index contributed by atoms with van der Waals surface area (Å²) in [5, 5.41) is 19.8. The van der Waals surface area contributed by atoms with E-state index in [2.05, 4.69) is 0 Å². The predicted octanol–water partition coefficient (Wildman–Crippen LogP) is 1.60. The Labute approximate surface area is 62.9 Å². The molecule has 2 unspecified atom stereocenters. The summed E-state index contributed by atoms with van der Waals surface area (Å²) in [4.78, 5) is 0. The van der Waals surface area contributed by atoms with E-state index in [0.29, 0.717) is 12.8 Å². The number of hydrogen-bond donors (Lipinski definition) is 1. The third kappa shape index (κ3) is 4.77. The molecule has 1 N–H and O–H groups in total. The Morgan fingerprint density at radius 3 is 2.00 bits per heavy atom. The lowest BCUT2D eigenvalue weighted by Crippen LogP contribution is -2.16. The van der Waals surface area contributed by atoms with Crippen molar-refractivity contribution in [3.8, 4) is 0 Å². The van der Waals surface area contributed by atoms with Crippen LogP contribution in [0.3, 0.4) is 0 Å². The van der Waals surface area contributed by atoms with Gasteiger partial charge in [0.1, 0.15) is 0 Å². The van der Waals surface area contributed by atoms with Gasteiger partial charge in [0.05, 0.1) is 12.2 Å². The van der Waals surface area contributed by atoms with Crippen LogP contribution in [0.4, 0.5) is 0 Å². The van der Waals surface area contributed by atoms with Crippen LogP contribution >= 0.6 is 0 Å². The zero-order valence-corrected chi connectivity index (χ0v) is 7.00. The quantitative estimate of drug-likeness (QED) is 0.641. The van der Waals surface area contributed by atoms with Gasteiger partial charge >= 0.3 is 0 Å². The monoisotopic (exact) mass is 145 g/mol. The molecule has 2 nitrogen and oxygen atoms in total. The van der Waals surface area contributed by atoms with E-state index >= 15 is 0 Å². The summed E-state index contributed by atoms with van der Waals surface area (Å²) in [6, 6.07) is 0. The Hall–Kier alpha value is -0.0800. The van der Waals surface area contributed by atoms with Gasteiger partial charge in [-0.1, -0.05) is 13.8 Å². The third-order valence-electron chi connectivity index (χ3n) is 1.64. The molecule has 2 atom stereocenters. The minimum atomic E-state index is -0.534. The van der Waals surface area contributed by atoms with Crippen LogP contribution < -0.4 is 0 Å². The van der Waals surface area contributed by atoms with Crippen molar-refractivity contribution in [1.29, 1.82) is 0 Å². The van der Waals surface area contributed by atoms with E-state index in [9.17, 15) is 10.2 Å². The van der Waals surface area contributed by atoms with Crippen LogP contribution in [0.25, 0.3) is 0 Å². The molecule has 0 aromatic rings. The zero-order valence-electron chi connectivity index (χ0n) is 7.00. The Morgan fingerprint density at radius 1 is 1.20 bits per heavy atom. The van der Waals surface area contributed by atoms with E-state index < -0.39 is 6.10 Å². The first-order valence-corrected chi connectivity index (χ1v) is 3.88. The number of aliphatic hydroxyl groups is 1. The van der Waals surface area contributed by atoms with Crippen LogP contribution in [-0.4, -0.2) is 17.3 Å². The molecule has 1 radical (unpaired) electrons. The normalized spacial score (nSPS) is 17.4. The summed E-state index contributed by atoms with van der Waals surface area (Å²) in [6.07, 6.45) is 0.395. The summed E-state index contributed by atoms with van der Waals surface area (Å²) in [5.74, 6) is 0.277. The molecule has 0 aromatic carbocycles. The molecule has 0 aliphatic heterocycles. The van der Waals surface area contributed by atoms with Crippen molar-refractivity contribution in [2.24, 2.45) is 5.92 Å². The van der Waals surface area contributed by atoms with Gasteiger partial charge in [0.15, 0.2) is 0 Å². The van der Waals surface area contributed by atoms with Crippen molar-refractivity contribution in [3.63, 3.8) is 0 Å². The summed E-state index contributed by atoms with van der Waals surface area (Å²) >= 11 is 0. The molecule has 0 bridgehead atoms. The lowest BCUT2D eigenvalue weighted by Gasteiger charge is -2.13. The van der Waals surface area contributed by atoms with Gasteiger partial charge in [0, 0.05) is 0 Å². The van der Waals surface area contributed by atoms with Crippen LogP contribution in [0.1, 0.15) is 33.6 Å². The minimum absolute atomic E-state index is 0.277. The molecular weight excluding hydrogens is 128 g/mol. The predicted molar refractivity (Wildman–Crippen MR) is 40.2 cm³/mol. The van der Waals surface area contributed by atoms with Crippen LogP contribution in [0.15, 0.2) is 0 Å².